The van der Waals surface area contributed by atoms with Crippen molar-refractivity contribution in [1.29, 1.82) is 0 Å². The van der Waals surface area contributed by atoms with Crippen molar-refractivity contribution < 1.29 is 14.6 Å². The van der Waals surface area contributed by atoms with Crippen molar-refractivity contribution in [3.05, 3.63) is 89.0 Å². The summed E-state index contributed by atoms with van der Waals surface area (Å²) in [6, 6.07) is 23.0. The van der Waals surface area contributed by atoms with Gasteiger partial charge in [0.1, 0.15) is 6.29 Å². The summed E-state index contributed by atoms with van der Waals surface area (Å²) in [6.07, 6.45) is 2.62. The Morgan fingerprint density at radius 1 is 1.06 bits per heavy atom. The van der Waals surface area contributed by atoms with Gasteiger partial charge in [-0.1, -0.05) is 40.2 Å². The third kappa shape index (κ3) is 6.46. The van der Waals surface area contributed by atoms with Crippen LogP contribution in [0.4, 0.5) is 11.4 Å². The van der Waals surface area contributed by atoms with Crippen LogP contribution in [0.1, 0.15) is 10.4 Å². The van der Waals surface area contributed by atoms with Gasteiger partial charge in [0.25, 0.3) is 0 Å². The Bertz CT molecular complexity index is 1190. The lowest BCUT2D eigenvalue weighted by molar-refractivity contribution is -0.314. The van der Waals surface area contributed by atoms with Gasteiger partial charge in [0.15, 0.2) is 7.11 Å². The van der Waals surface area contributed by atoms with Crippen molar-refractivity contribution in [1.82, 2.24) is 4.98 Å². The van der Waals surface area contributed by atoms with Crippen molar-refractivity contribution in [2.24, 2.45) is 0 Å². The molecule has 0 saturated carbocycles. The molecule has 6 nitrogen and oxygen atoms in total. The molecule has 0 amide bonds. The van der Waals surface area contributed by atoms with E-state index in [1.165, 1.54) is 11.9 Å². The molecule has 4 aromatic rings. The predicted molar refractivity (Wildman–Crippen MR) is 136 cm³/mol. The van der Waals surface area contributed by atoms with Crippen LogP contribution in [-0.4, -0.2) is 30.3 Å². The highest BCUT2D eigenvalue weighted by Gasteiger charge is 2.06. The number of aromatic nitrogens is 1. The molecule has 0 bridgehead atoms. The van der Waals surface area contributed by atoms with Crippen LogP contribution >= 0.6 is 27.9 Å². The maximum absolute atomic E-state index is 10.8. The number of anilines is 2. The number of aliphatic hydroxyl groups is 1. The van der Waals surface area contributed by atoms with Gasteiger partial charge in [0, 0.05) is 45.3 Å². The van der Waals surface area contributed by atoms with Gasteiger partial charge in [-0.05, 0) is 54.4 Å². The van der Waals surface area contributed by atoms with E-state index < -0.39 is 0 Å². The molecule has 3 N–H and O–H groups in total. The first-order chi connectivity index (χ1) is 15.6. The van der Waals surface area contributed by atoms with E-state index in [1.807, 2.05) is 73.8 Å². The zero-order chi connectivity index (χ0) is 22.8. The molecule has 0 aliphatic heterocycles. The Morgan fingerprint density at radius 3 is 2.69 bits per heavy atom. The minimum Gasteiger partial charge on any atom is -0.388 e. The largest absolute Gasteiger partial charge is 0.388 e. The summed E-state index contributed by atoms with van der Waals surface area (Å²) in [5.74, 6) is 0.749. The molecule has 8 heteroatoms. The summed E-state index contributed by atoms with van der Waals surface area (Å²) in [5, 5.41) is 4.06. The number of fused-ring (bicyclic) bond motifs is 1. The van der Waals surface area contributed by atoms with Crippen LogP contribution < -0.4 is 14.9 Å². The molecule has 0 unspecified atom stereocenters. The van der Waals surface area contributed by atoms with Crippen molar-refractivity contribution in [2.75, 3.05) is 24.2 Å². The molecular formula is C24H23BrN3O3S+. The molecule has 0 aliphatic carbocycles. The number of benzene rings is 3. The van der Waals surface area contributed by atoms with Gasteiger partial charge in [0.2, 0.25) is 5.75 Å². The van der Waals surface area contributed by atoms with Gasteiger partial charge in [-0.15, -0.1) is 0 Å². The van der Waals surface area contributed by atoms with Gasteiger partial charge in [0.05, 0.1) is 11.2 Å². The van der Waals surface area contributed by atoms with E-state index in [-0.39, 0.29) is 0 Å². The number of pyridine rings is 1. The molecule has 0 radical (unpaired) electrons. The summed E-state index contributed by atoms with van der Waals surface area (Å²) < 4.78 is 4.32. The quantitative estimate of drug-likeness (QED) is 0.102. The van der Waals surface area contributed by atoms with E-state index in [0.717, 1.165) is 43.7 Å². The van der Waals surface area contributed by atoms with Gasteiger partial charge >= 0.3 is 0 Å². The summed E-state index contributed by atoms with van der Waals surface area (Å²) >= 11 is 4.99. The first-order valence-electron chi connectivity index (χ1n) is 9.70. The third-order valence-electron chi connectivity index (χ3n) is 4.31. The van der Waals surface area contributed by atoms with Crippen LogP contribution in [0.15, 0.2) is 88.4 Å². The Morgan fingerprint density at radius 2 is 1.91 bits per heavy atom. The Labute approximate surface area is 199 Å². The minimum atomic E-state index is 0.667. The predicted octanol–water partition coefficient (Wildman–Crippen LogP) is 6.11. The molecule has 32 heavy (non-hydrogen) atoms. The second-order valence-corrected chi connectivity index (χ2v) is 8.17. The smallest absolute Gasteiger partial charge is 0.215 e. The fourth-order valence-electron chi connectivity index (χ4n) is 2.80. The zero-order valence-electron chi connectivity index (χ0n) is 17.6. The number of carbonyl (C=O) groups is 1. The van der Waals surface area contributed by atoms with Crippen LogP contribution in [0, 0.1) is 0 Å². The lowest BCUT2D eigenvalue weighted by Gasteiger charge is -2.09. The number of carbonyl (C=O) groups excluding carboxylic acids is 1. The number of halogens is 1. The topological polar surface area (TPSA) is 76.1 Å². The molecule has 0 spiro atoms. The van der Waals surface area contributed by atoms with Crippen LogP contribution in [0.2, 0.25) is 0 Å². The number of nitrogens with zero attached hydrogens (tertiary/aromatic N) is 1. The highest BCUT2D eigenvalue weighted by atomic mass is 79.9. The van der Waals surface area contributed by atoms with Gasteiger partial charge < -0.3 is 10.0 Å². The van der Waals surface area contributed by atoms with E-state index in [4.69, 9.17) is 4.89 Å². The molecule has 164 valence electrons. The highest BCUT2D eigenvalue weighted by molar-refractivity contribution is 9.10. The maximum Gasteiger partial charge on any atom is 0.215 e. The zero-order valence-corrected chi connectivity index (χ0v) is 20.0. The number of aldehydes is 1. The Balaban J connectivity index is 0.000000222. The number of rotatable bonds is 7. The summed E-state index contributed by atoms with van der Waals surface area (Å²) in [4.78, 5) is 24.7. The Kier molecular flexibility index (Phi) is 8.91. The van der Waals surface area contributed by atoms with Crippen molar-refractivity contribution in [3.63, 3.8) is 0 Å². The van der Waals surface area contributed by atoms with Crippen molar-refractivity contribution in [2.45, 2.75) is 4.90 Å². The first kappa shape index (κ1) is 23.6. The molecule has 1 heterocycles. The van der Waals surface area contributed by atoms with E-state index in [0.29, 0.717) is 5.56 Å². The molecular weight excluding hydrogens is 490 g/mol. The fraction of sp³-hybridized carbons (Fsp3) is 0.0833. The highest BCUT2D eigenvalue weighted by Crippen LogP contribution is 2.31. The van der Waals surface area contributed by atoms with Gasteiger partial charge in [-0.25, -0.2) is 9.78 Å². The Hall–Kier alpha value is -3.07. The minimum absolute atomic E-state index is 0.667. The SMILES string of the molecule is CNc1cccc(O[OH+]C)c1.O=Cc1cccc(SNc2ccc(Br)c3cccnc23)c1. The summed E-state index contributed by atoms with van der Waals surface area (Å²) in [5.41, 5.74) is 3.54. The standard InChI is InChI=1S/C16H11BrN2OS.C8H11NO2/c17-14-6-7-15(16-13(14)5-2-8-18-16)19-21-12-4-1-3-11(9-12)10-20;1-9-7-4-3-5-8(6-7)11-10-2/h1-10,19H;3-6,9H,1-2H3/p+1. The molecule has 4 rings (SSSR count). The lowest BCUT2D eigenvalue weighted by Crippen LogP contribution is -1.96. The van der Waals surface area contributed by atoms with Crippen LogP contribution in [0.25, 0.3) is 10.9 Å². The number of nitrogens with one attached hydrogen (secondary N) is 2. The van der Waals surface area contributed by atoms with E-state index >= 15 is 0 Å². The van der Waals surface area contributed by atoms with Crippen LogP contribution in [-0.2, 0) is 0 Å². The second-order valence-electron chi connectivity index (χ2n) is 6.44. The fourth-order valence-corrected chi connectivity index (χ4v) is 3.99. The molecule has 0 aliphatic rings. The third-order valence-corrected chi connectivity index (χ3v) is 5.81. The van der Waals surface area contributed by atoms with Gasteiger partial charge in [-0.2, -0.15) is 0 Å². The number of hydrogen-bond acceptors (Lipinski definition) is 6. The van der Waals surface area contributed by atoms with Gasteiger partial charge in [-0.3, -0.25) is 9.78 Å². The first-order valence-corrected chi connectivity index (χ1v) is 11.3. The van der Waals surface area contributed by atoms with E-state index in [1.54, 1.807) is 19.4 Å². The molecule has 0 atom stereocenters. The monoisotopic (exact) mass is 512 g/mol. The molecule has 0 saturated heterocycles. The van der Waals surface area contributed by atoms with Crippen LogP contribution in [0.3, 0.4) is 0 Å². The summed E-state index contributed by atoms with van der Waals surface area (Å²) in [6.45, 7) is 0. The number of hydrogen-bond donors (Lipinski definition) is 2. The average molecular weight is 513 g/mol. The molecule has 0 fully saturated rings. The average Bonchev–Trinajstić information content (AvgIpc) is 2.85. The summed E-state index contributed by atoms with van der Waals surface area (Å²) in [7, 11) is 3.47. The van der Waals surface area contributed by atoms with Crippen molar-refractivity contribution in [3.8, 4) is 5.75 Å². The second kappa shape index (κ2) is 12.1. The lowest BCUT2D eigenvalue weighted by atomic mass is 10.2. The van der Waals surface area contributed by atoms with Crippen LogP contribution in [0.5, 0.6) is 5.75 Å². The molecule has 1 aromatic heterocycles. The normalized spacial score (nSPS) is 10.1. The maximum atomic E-state index is 10.8. The molecule has 3 aromatic carbocycles. The van der Waals surface area contributed by atoms with Crippen molar-refractivity contribution >= 4 is 56.4 Å². The van der Waals surface area contributed by atoms with E-state index in [9.17, 15) is 4.79 Å². The van der Waals surface area contributed by atoms with E-state index in [2.05, 4.69) is 35.8 Å².